The monoisotopic (exact) mass is 250 g/mol. The van der Waals surface area contributed by atoms with E-state index in [-0.39, 0.29) is 12.5 Å². The van der Waals surface area contributed by atoms with Gasteiger partial charge in [0.15, 0.2) is 0 Å². The minimum Gasteiger partial charge on any atom is -0.496 e. The van der Waals surface area contributed by atoms with Crippen molar-refractivity contribution in [1.82, 2.24) is 5.32 Å². The van der Waals surface area contributed by atoms with Crippen molar-refractivity contribution in [3.8, 4) is 5.75 Å². The number of amides is 1. The molecular weight excluding hydrogens is 228 g/mol. The number of carbonyl (C=O) groups is 1. The fraction of sp³-hybridized carbons (Fsp3) is 0.500. The summed E-state index contributed by atoms with van der Waals surface area (Å²) in [5.41, 5.74) is 7.51. The predicted octanol–water partition coefficient (Wildman–Crippen LogP) is 1.44. The van der Waals surface area contributed by atoms with Gasteiger partial charge < -0.3 is 15.8 Å². The van der Waals surface area contributed by atoms with Crippen LogP contribution in [0.1, 0.15) is 30.9 Å². The second-order valence-electron chi connectivity index (χ2n) is 4.62. The summed E-state index contributed by atoms with van der Waals surface area (Å²) in [4.78, 5) is 10.6. The van der Waals surface area contributed by atoms with E-state index in [0.29, 0.717) is 12.5 Å². The molecule has 0 unspecified atom stereocenters. The molecule has 4 nitrogen and oxygen atoms in total. The molecule has 100 valence electrons. The molecule has 0 aliphatic rings. The van der Waals surface area contributed by atoms with Crippen LogP contribution in [0.2, 0.25) is 0 Å². The van der Waals surface area contributed by atoms with Crippen LogP contribution in [-0.4, -0.2) is 26.1 Å². The van der Waals surface area contributed by atoms with Crippen LogP contribution in [0.25, 0.3) is 0 Å². The Morgan fingerprint density at radius 1 is 1.44 bits per heavy atom. The average Bonchev–Trinajstić information content (AvgIpc) is 2.34. The molecule has 0 heterocycles. The summed E-state index contributed by atoms with van der Waals surface area (Å²) >= 11 is 0. The van der Waals surface area contributed by atoms with Crippen LogP contribution in [-0.2, 0) is 11.2 Å². The van der Waals surface area contributed by atoms with Gasteiger partial charge in [0, 0.05) is 0 Å². The van der Waals surface area contributed by atoms with Crippen LogP contribution in [0.4, 0.5) is 0 Å². The summed E-state index contributed by atoms with van der Waals surface area (Å²) in [6.45, 7) is 5.25. The van der Waals surface area contributed by atoms with E-state index < -0.39 is 0 Å². The first-order chi connectivity index (χ1) is 8.54. The van der Waals surface area contributed by atoms with Gasteiger partial charge in [0.25, 0.3) is 0 Å². The number of benzene rings is 1. The Balaban J connectivity index is 2.66. The molecule has 4 heteroatoms. The highest BCUT2D eigenvalue weighted by Gasteiger charge is 2.06. The second-order valence-corrected chi connectivity index (χ2v) is 4.62. The van der Waals surface area contributed by atoms with Crippen molar-refractivity contribution in [3.05, 3.63) is 29.3 Å². The van der Waals surface area contributed by atoms with Crippen LogP contribution in [0, 0.1) is 0 Å². The van der Waals surface area contributed by atoms with Gasteiger partial charge in [-0.3, -0.25) is 4.79 Å². The van der Waals surface area contributed by atoms with Crippen molar-refractivity contribution in [2.75, 3.05) is 20.2 Å². The van der Waals surface area contributed by atoms with Gasteiger partial charge in [-0.15, -0.1) is 0 Å². The Morgan fingerprint density at radius 3 is 2.72 bits per heavy atom. The number of rotatable bonds is 7. The maximum atomic E-state index is 10.6. The molecule has 1 amide bonds. The Morgan fingerprint density at radius 2 is 2.17 bits per heavy atom. The van der Waals surface area contributed by atoms with Crippen molar-refractivity contribution >= 4 is 5.91 Å². The van der Waals surface area contributed by atoms with Crippen molar-refractivity contribution in [2.24, 2.45) is 5.73 Å². The molecule has 0 radical (unpaired) electrons. The normalized spacial score (nSPS) is 10.7. The summed E-state index contributed by atoms with van der Waals surface area (Å²) in [6.07, 6.45) is 0.816. The quantitative estimate of drug-likeness (QED) is 0.720. The molecular formula is C14H22N2O2. The molecule has 1 aromatic rings. The highest BCUT2D eigenvalue weighted by molar-refractivity contribution is 5.75. The number of primary amides is 1. The van der Waals surface area contributed by atoms with Crippen LogP contribution >= 0.6 is 0 Å². The van der Waals surface area contributed by atoms with Gasteiger partial charge in [0.2, 0.25) is 5.91 Å². The molecule has 0 atom stereocenters. The smallest absolute Gasteiger partial charge is 0.231 e. The maximum absolute atomic E-state index is 10.6. The zero-order chi connectivity index (χ0) is 13.5. The van der Waals surface area contributed by atoms with Gasteiger partial charge in [-0.1, -0.05) is 26.0 Å². The predicted molar refractivity (Wildman–Crippen MR) is 72.9 cm³/mol. The van der Waals surface area contributed by atoms with Gasteiger partial charge >= 0.3 is 0 Å². The number of hydrogen-bond acceptors (Lipinski definition) is 3. The zero-order valence-electron chi connectivity index (χ0n) is 11.3. The maximum Gasteiger partial charge on any atom is 0.231 e. The highest BCUT2D eigenvalue weighted by Crippen LogP contribution is 2.24. The molecule has 3 N–H and O–H groups in total. The fourth-order valence-electron chi connectivity index (χ4n) is 1.79. The van der Waals surface area contributed by atoms with E-state index in [4.69, 9.17) is 10.5 Å². The number of nitrogens with two attached hydrogens (primary N) is 1. The molecule has 18 heavy (non-hydrogen) atoms. The third kappa shape index (κ3) is 4.37. The molecule has 0 aliphatic carbocycles. The standard InChI is InChI=1S/C14H22N2O2/c1-10(2)11-4-5-13(18-3)12(8-11)6-7-16-9-14(15)17/h4-5,8,10,16H,6-7,9H2,1-3H3,(H2,15,17). The first-order valence-corrected chi connectivity index (χ1v) is 6.20. The molecule has 0 saturated heterocycles. The van der Waals surface area contributed by atoms with Gasteiger partial charge in [-0.05, 0) is 36.1 Å². The third-order valence-electron chi connectivity index (χ3n) is 2.84. The molecule has 0 spiro atoms. The fourth-order valence-corrected chi connectivity index (χ4v) is 1.79. The number of carbonyl (C=O) groups excluding carboxylic acids is 1. The lowest BCUT2D eigenvalue weighted by atomic mass is 9.99. The third-order valence-corrected chi connectivity index (χ3v) is 2.84. The summed E-state index contributed by atoms with van der Waals surface area (Å²) in [5.74, 6) is 1.05. The summed E-state index contributed by atoms with van der Waals surface area (Å²) in [7, 11) is 1.67. The Bertz CT molecular complexity index is 403. The van der Waals surface area contributed by atoms with Crippen LogP contribution in [0.3, 0.4) is 0 Å². The van der Waals surface area contributed by atoms with Crippen molar-refractivity contribution in [3.63, 3.8) is 0 Å². The van der Waals surface area contributed by atoms with E-state index in [1.807, 2.05) is 6.07 Å². The molecule has 0 aliphatic heterocycles. The Labute approximate surface area is 109 Å². The van der Waals surface area contributed by atoms with Gasteiger partial charge in [0.1, 0.15) is 5.75 Å². The lowest BCUT2D eigenvalue weighted by Gasteiger charge is -2.13. The SMILES string of the molecule is COc1ccc(C(C)C)cc1CCNCC(N)=O. The Kier molecular flexibility index (Phi) is 5.65. The van der Waals surface area contributed by atoms with Crippen molar-refractivity contribution in [2.45, 2.75) is 26.2 Å². The highest BCUT2D eigenvalue weighted by atomic mass is 16.5. The summed E-state index contributed by atoms with van der Waals surface area (Å²) in [5, 5.41) is 3.00. The topological polar surface area (TPSA) is 64.3 Å². The lowest BCUT2D eigenvalue weighted by molar-refractivity contribution is -0.117. The average molecular weight is 250 g/mol. The van der Waals surface area contributed by atoms with Gasteiger partial charge in [-0.2, -0.15) is 0 Å². The molecule has 0 bridgehead atoms. The summed E-state index contributed by atoms with van der Waals surface area (Å²) in [6, 6.07) is 6.25. The second kappa shape index (κ2) is 7.01. The zero-order valence-corrected chi connectivity index (χ0v) is 11.3. The van der Waals surface area contributed by atoms with Crippen LogP contribution in [0.15, 0.2) is 18.2 Å². The molecule has 1 rings (SSSR count). The molecule has 0 fully saturated rings. The van der Waals surface area contributed by atoms with E-state index in [0.717, 1.165) is 17.7 Å². The van der Waals surface area contributed by atoms with E-state index in [1.54, 1.807) is 7.11 Å². The summed E-state index contributed by atoms with van der Waals surface area (Å²) < 4.78 is 5.34. The number of nitrogens with one attached hydrogen (secondary N) is 1. The molecule has 0 saturated carbocycles. The number of ether oxygens (including phenoxy) is 1. The van der Waals surface area contributed by atoms with E-state index in [9.17, 15) is 4.79 Å². The van der Waals surface area contributed by atoms with E-state index in [1.165, 1.54) is 5.56 Å². The van der Waals surface area contributed by atoms with E-state index >= 15 is 0 Å². The van der Waals surface area contributed by atoms with Gasteiger partial charge in [0.05, 0.1) is 13.7 Å². The van der Waals surface area contributed by atoms with Crippen molar-refractivity contribution < 1.29 is 9.53 Å². The Hall–Kier alpha value is -1.55. The van der Waals surface area contributed by atoms with Crippen LogP contribution in [0.5, 0.6) is 5.75 Å². The van der Waals surface area contributed by atoms with Crippen molar-refractivity contribution in [1.29, 1.82) is 0 Å². The van der Waals surface area contributed by atoms with Gasteiger partial charge in [-0.25, -0.2) is 0 Å². The minimum absolute atomic E-state index is 0.214. The lowest BCUT2D eigenvalue weighted by Crippen LogP contribution is -2.29. The first-order valence-electron chi connectivity index (χ1n) is 6.20. The number of hydrogen-bond donors (Lipinski definition) is 2. The number of methoxy groups -OCH3 is 1. The first kappa shape index (κ1) is 14.5. The molecule has 1 aromatic carbocycles. The molecule has 0 aromatic heterocycles. The minimum atomic E-state index is -0.335. The largest absolute Gasteiger partial charge is 0.496 e. The van der Waals surface area contributed by atoms with Crippen LogP contribution < -0.4 is 15.8 Å². The van der Waals surface area contributed by atoms with E-state index in [2.05, 4.69) is 31.3 Å².